The fourth-order valence-corrected chi connectivity index (χ4v) is 5.16. The molecule has 2 amide bonds. The Bertz CT molecular complexity index is 1030. The number of primary amides is 1. The summed E-state index contributed by atoms with van der Waals surface area (Å²) in [6, 6.07) is 1.29. The minimum absolute atomic E-state index is 0.0161. The van der Waals surface area contributed by atoms with Gasteiger partial charge in [0.1, 0.15) is 11.5 Å². The first-order valence-electron chi connectivity index (χ1n) is 12.0. The Balaban J connectivity index is 0.000000497. The second-order valence-corrected chi connectivity index (χ2v) is 9.87. The van der Waals surface area contributed by atoms with Crippen LogP contribution in [0.25, 0.3) is 10.4 Å². The van der Waals surface area contributed by atoms with Gasteiger partial charge in [0, 0.05) is 36.5 Å². The number of amides is 2. The van der Waals surface area contributed by atoms with E-state index in [0.717, 1.165) is 43.4 Å². The largest absolute Gasteiger partial charge is 0.393 e. The van der Waals surface area contributed by atoms with Crippen LogP contribution in [0.2, 0.25) is 0 Å². The van der Waals surface area contributed by atoms with E-state index in [0.29, 0.717) is 18.9 Å². The lowest BCUT2D eigenvalue weighted by atomic mass is 10.1. The van der Waals surface area contributed by atoms with Crippen molar-refractivity contribution in [1.82, 2.24) is 14.9 Å². The van der Waals surface area contributed by atoms with Crippen molar-refractivity contribution < 1.29 is 23.5 Å². The average Bonchev–Trinajstić information content (AvgIpc) is 3.58. The zero-order chi connectivity index (χ0) is 25.5. The van der Waals surface area contributed by atoms with E-state index in [2.05, 4.69) is 15.3 Å². The quantitative estimate of drug-likeness (QED) is 0.501. The summed E-state index contributed by atoms with van der Waals surface area (Å²) in [4.78, 5) is 34.9. The topological polar surface area (TPSA) is 121 Å². The maximum absolute atomic E-state index is 13.8. The molecule has 11 heteroatoms. The van der Waals surface area contributed by atoms with Crippen LogP contribution in [-0.4, -0.2) is 57.0 Å². The highest BCUT2D eigenvalue weighted by atomic mass is 32.1. The third kappa shape index (κ3) is 6.72. The molecule has 2 aromatic rings. The molecule has 0 radical (unpaired) electrons. The summed E-state index contributed by atoms with van der Waals surface area (Å²) >= 11 is 0.837. The second kappa shape index (κ2) is 12.3. The molecule has 2 fully saturated rings. The van der Waals surface area contributed by atoms with Gasteiger partial charge in [-0.3, -0.25) is 9.59 Å². The number of aliphatic hydroxyl groups excluding tert-OH is 1. The van der Waals surface area contributed by atoms with E-state index in [1.807, 2.05) is 13.8 Å². The number of hydrogen-bond donors (Lipinski definition) is 3. The summed E-state index contributed by atoms with van der Waals surface area (Å²) in [5, 5.41) is 11.6. The molecular formula is C24H33F2N5O3S. The van der Waals surface area contributed by atoms with Crippen LogP contribution < -0.4 is 11.1 Å². The summed E-state index contributed by atoms with van der Waals surface area (Å²) in [6.45, 7) is 5.03. The SMILES string of the molecule is CCCNc1cc(C(F)F)c(-c2sc(C(N)=O)nc2C(=O)N2CCCC2C)cn1.OC1CCCC1. The fraction of sp³-hybridized carbons (Fsp3) is 0.583. The molecule has 35 heavy (non-hydrogen) atoms. The summed E-state index contributed by atoms with van der Waals surface area (Å²) < 4.78 is 27.6. The molecule has 2 aromatic heterocycles. The van der Waals surface area contributed by atoms with Gasteiger partial charge in [0.2, 0.25) is 0 Å². The van der Waals surface area contributed by atoms with Crippen LogP contribution in [0.15, 0.2) is 12.3 Å². The summed E-state index contributed by atoms with van der Waals surface area (Å²) in [5.74, 6) is -0.869. The maximum atomic E-state index is 13.8. The number of aliphatic hydroxyl groups is 1. The zero-order valence-corrected chi connectivity index (χ0v) is 20.9. The van der Waals surface area contributed by atoms with E-state index in [4.69, 9.17) is 10.8 Å². The first kappa shape index (κ1) is 26.9. The van der Waals surface area contributed by atoms with Crippen LogP contribution in [0.3, 0.4) is 0 Å². The molecule has 0 spiro atoms. The third-order valence-electron chi connectivity index (χ3n) is 6.15. The molecule has 1 unspecified atom stereocenters. The van der Waals surface area contributed by atoms with Crippen LogP contribution in [0.5, 0.6) is 0 Å². The highest BCUT2D eigenvalue weighted by Crippen LogP contribution is 2.38. The van der Waals surface area contributed by atoms with Crippen molar-refractivity contribution in [2.45, 2.75) is 77.4 Å². The van der Waals surface area contributed by atoms with Crippen molar-refractivity contribution in [3.63, 3.8) is 0 Å². The molecule has 3 heterocycles. The Morgan fingerprint density at radius 3 is 2.51 bits per heavy atom. The monoisotopic (exact) mass is 509 g/mol. The molecule has 0 aromatic carbocycles. The number of likely N-dealkylation sites (tertiary alicyclic amines) is 1. The Hall–Kier alpha value is -2.66. The van der Waals surface area contributed by atoms with E-state index < -0.39 is 12.3 Å². The predicted molar refractivity (Wildman–Crippen MR) is 132 cm³/mol. The van der Waals surface area contributed by atoms with Crippen LogP contribution in [0.4, 0.5) is 14.6 Å². The smallest absolute Gasteiger partial charge is 0.277 e. The van der Waals surface area contributed by atoms with Gasteiger partial charge >= 0.3 is 0 Å². The molecular weight excluding hydrogens is 476 g/mol. The summed E-state index contributed by atoms with van der Waals surface area (Å²) in [5.41, 5.74) is 5.12. The van der Waals surface area contributed by atoms with Crippen LogP contribution in [0, 0.1) is 0 Å². The standard InChI is InChI=1S/C19H23F2N5O2S.C5H10O/c1-3-6-23-13-8-11(16(20)21)12(9-24-13)15-14(25-18(29-15)17(22)27)19(28)26-7-4-5-10(26)2;6-5-3-1-2-4-5/h8-10,16H,3-7H2,1-2H3,(H2,22,27)(H,23,24);5-6H,1-4H2. The molecule has 2 aliphatic rings. The highest BCUT2D eigenvalue weighted by Gasteiger charge is 2.32. The van der Waals surface area contributed by atoms with Crippen molar-refractivity contribution in [1.29, 1.82) is 0 Å². The van der Waals surface area contributed by atoms with Gasteiger partial charge in [-0.2, -0.15) is 0 Å². The van der Waals surface area contributed by atoms with Crippen LogP contribution in [-0.2, 0) is 0 Å². The number of nitrogens with one attached hydrogen (secondary N) is 1. The third-order valence-corrected chi connectivity index (χ3v) is 7.25. The normalized spacial score (nSPS) is 18.0. The average molecular weight is 510 g/mol. The number of aromatic nitrogens is 2. The molecule has 1 saturated carbocycles. The molecule has 8 nitrogen and oxygen atoms in total. The van der Waals surface area contributed by atoms with Crippen LogP contribution >= 0.6 is 11.3 Å². The van der Waals surface area contributed by atoms with Gasteiger partial charge in [-0.05, 0) is 45.1 Å². The first-order chi connectivity index (χ1) is 16.7. The second-order valence-electron chi connectivity index (χ2n) is 8.87. The van der Waals surface area contributed by atoms with Gasteiger partial charge in [0.15, 0.2) is 5.01 Å². The molecule has 1 saturated heterocycles. The summed E-state index contributed by atoms with van der Waals surface area (Å²) in [6.07, 6.45) is 5.64. The van der Waals surface area contributed by atoms with Crippen molar-refractivity contribution in [2.24, 2.45) is 5.73 Å². The number of thiazole rings is 1. The molecule has 4 rings (SSSR count). The van der Waals surface area contributed by atoms with Crippen molar-refractivity contribution in [3.8, 4) is 10.4 Å². The lowest BCUT2D eigenvalue weighted by Crippen LogP contribution is -2.34. The Labute approximate surface area is 207 Å². The van der Waals surface area contributed by atoms with Crippen molar-refractivity contribution >= 4 is 29.0 Å². The number of hydrogen-bond acceptors (Lipinski definition) is 7. The number of pyridine rings is 1. The maximum Gasteiger partial charge on any atom is 0.277 e. The Morgan fingerprint density at radius 2 is 2.00 bits per heavy atom. The lowest BCUT2D eigenvalue weighted by Gasteiger charge is -2.21. The van der Waals surface area contributed by atoms with Gasteiger partial charge in [0.05, 0.1) is 11.0 Å². The number of alkyl halides is 2. The number of carbonyl (C=O) groups excluding carboxylic acids is 2. The number of halogens is 2. The van der Waals surface area contributed by atoms with E-state index >= 15 is 0 Å². The van der Waals surface area contributed by atoms with Crippen molar-refractivity contribution in [2.75, 3.05) is 18.4 Å². The number of carbonyl (C=O) groups is 2. The van der Waals surface area contributed by atoms with Crippen LogP contribution in [0.1, 0.15) is 91.1 Å². The predicted octanol–water partition coefficient (Wildman–Crippen LogP) is 4.61. The molecule has 1 atom stereocenters. The number of anilines is 1. The van der Waals surface area contributed by atoms with Gasteiger partial charge in [-0.1, -0.05) is 19.8 Å². The molecule has 1 aliphatic heterocycles. The fourth-order valence-electron chi connectivity index (χ4n) is 4.22. The van der Waals surface area contributed by atoms with E-state index in [9.17, 15) is 18.4 Å². The van der Waals surface area contributed by atoms with Gasteiger partial charge < -0.3 is 21.1 Å². The highest BCUT2D eigenvalue weighted by molar-refractivity contribution is 7.17. The van der Waals surface area contributed by atoms with Gasteiger partial charge in [-0.25, -0.2) is 18.7 Å². The first-order valence-corrected chi connectivity index (χ1v) is 12.9. The molecule has 0 bridgehead atoms. The van der Waals surface area contributed by atoms with Crippen molar-refractivity contribution in [3.05, 3.63) is 28.5 Å². The number of rotatable bonds is 7. The zero-order valence-electron chi connectivity index (χ0n) is 20.1. The Morgan fingerprint density at radius 1 is 1.29 bits per heavy atom. The van der Waals surface area contributed by atoms with Gasteiger partial charge in [-0.15, -0.1) is 11.3 Å². The van der Waals surface area contributed by atoms with E-state index in [1.165, 1.54) is 25.1 Å². The molecule has 4 N–H and O–H groups in total. The minimum atomic E-state index is -2.79. The minimum Gasteiger partial charge on any atom is -0.393 e. The number of nitrogens with zero attached hydrogens (tertiary/aromatic N) is 3. The Kier molecular flexibility index (Phi) is 9.50. The summed E-state index contributed by atoms with van der Waals surface area (Å²) in [7, 11) is 0. The molecule has 192 valence electrons. The van der Waals surface area contributed by atoms with Gasteiger partial charge in [0.25, 0.3) is 18.2 Å². The van der Waals surface area contributed by atoms with E-state index in [1.54, 1.807) is 4.90 Å². The number of nitrogens with two attached hydrogens (primary N) is 1. The van der Waals surface area contributed by atoms with E-state index in [-0.39, 0.29) is 44.8 Å². The lowest BCUT2D eigenvalue weighted by molar-refractivity contribution is 0.0743. The molecule has 1 aliphatic carbocycles.